The Labute approximate surface area is 236 Å². The van der Waals surface area contributed by atoms with Gasteiger partial charge in [0.25, 0.3) is 5.88 Å². The number of allylic oxidation sites excluding steroid dienone is 9. The first kappa shape index (κ1) is 32.2. The van der Waals surface area contributed by atoms with E-state index in [1.54, 1.807) is 13.0 Å². The summed E-state index contributed by atoms with van der Waals surface area (Å²) in [6.07, 6.45) is 15.9. The third kappa shape index (κ3) is 10.3. The molecule has 0 bridgehead atoms. The van der Waals surface area contributed by atoms with Gasteiger partial charge in [-0.05, 0) is 64.0 Å². The maximum Gasteiger partial charge on any atom is 0.420 e. The molecule has 9 nitrogen and oxygen atoms in total. The van der Waals surface area contributed by atoms with E-state index < -0.39 is 18.0 Å². The molecule has 1 aromatic heterocycles. The Morgan fingerprint density at radius 3 is 2.60 bits per heavy atom. The minimum Gasteiger partial charge on any atom is -0.488 e. The van der Waals surface area contributed by atoms with E-state index in [-0.39, 0.29) is 42.4 Å². The molecule has 1 aliphatic rings. The molecular weight excluding hydrogens is 510 g/mol. The van der Waals surface area contributed by atoms with Gasteiger partial charge >= 0.3 is 12.1 Å². The summed E-state index contributed by atoms with van der Waals surface area (Å²) in [4.78, 5) is 39.5. The Morgan fingerprint density at radius 2 is 1.93 bits per heavy atom. The molecule has 2 rings (SSSR count). The summed E-state index contributed by atoms with van der Waals surface area (Å²) >= 11 is 0. The summed E-state index contributed by atoms with van der Waals surface area (Å²) in [5.74, 6) is -1.48. The highest BCUT2D eigenvalue weighted by atomic mass is 16.6. The van der Waals surface area contributed by atoms with Crippen LogP contribution < -0.4 is 20.5 Å². The molecule has 0 aromatic carbocycles. The predicted molar refractivity (Wildman–Crippen MR) is 155 cm³/mol. The Balaban J connectivity index is 1.95. The molecule has 1 aromatic rings. The molecule has 0 atom stereocenters. The third-order valence-corrected chi connectivity index (χ3v) is 6.36. The van der Waals surface area contributed by atoms with Crippen LogP contribution >= 0.6 is 0 Å². The van der Waals surface area contributed by atoms with E-state index in [1.165, 1.54) is 42.7 Å². The Kier molecular flexibility index (Phi) is 12.5. The van der Waals surface area contributed by atoms with E-state index in [4.69, 9.17) is 19.9 Å². The van der Waals surface area contributed by atoms with E-state index in [1.807, 2.05) is 30.5 Å². The molecule has 0 unspecified atom stereocenters. The van der Waals surface area contributed by atoms with Crippen molar-refractivity contribution in [3.8, 4) is 11.6 Å². The molecule has 2 amide bonds. The van der Waals surface area contributed by atoms with Crippen molar-refractivity contribution in [3.05, 3.63) is 76.6 Å². The van der Waals surface area contributed by atoms with Gasteiger partial charge in [-0.15, -0.1) is 0 Å². The van der Waals surface area contributed by atoms with Crippen molar-refractivity contribution in [1.29, 1.82) is 0 Å². The van der Waals surface area contributed by atoms with Crippen molar-refractivity contribution in [2.45, 2.75) is 60.8 Å². The van der Waals surface area contributed by atoms with Crippen LogP contribution in [0.25, 0.3) is 0 Å². The van der Waals surface area contributed by atoms with Crippen molar-refractivity contribution in [1.82, 2.24) is 10.3 Å². The summed E-state index contributed by atoms with van der Waals surface area (Å²) < 4.78 is 15.7. The number of rotatable bonds is 11. The molecule has 9 heteroatoms. The van der Waals surface area contributed by atoms with Crippen LogP contribution in [0.1, 0.15) is 71.2 Å². The molecule has 3 N–H and O–H groups in total. The summed E-state index contributed by atoms with van der Waals surface area (Å²) in [5.41, 5.74) is 10.5. The van der Waals surface area contributed by atoms with E-state index in [9.17, 15) is 14.4 Å². The Bertz CT molecular complexity index is 1240. The number of amides is 2. The van der Waals surface area contributed by atoms with Gasteiger partial charge in [-0.1, -0.05) is 60.9 Å². The number of aromatic nitrogens is 1. The fraction of sp³-hybridized carbons (Fsp3) is 0.419. The lowest BCUT2D eigenvalue weighted by atomic mass is 9.72. The number of imide groups is 1. The maximum atomic E-state index is 12.5. The maximum absolute atomic E-state index is 12.5. The lowest BCUT2D eigenvalue weighted by molar-refractivity contribution is -0.118. The zero-order valence-electron chi connectivity index (χ0n) is 24.3. The van der Waals surface area contributed by atoms with Crippen LogP contribution in [0.2, 0.25) is 0 Å². The predicted octanol–water partition coefficient (Wildman–Crippen LogP) is 5.74. The molecule has 216 valence electrons. The summed E-state index contributed by atoms with van der Waals surface area (Å²) in [6, 6.07) is 1.36. The molecule has 0 saturated heterocycles. The van der Waals surface area contributed by atoms with Gasteiger partial charge in [-0.25, -0.2) is 14.6 Å². The Hall–Kier alpha value is -3.98. The summed E-state index contributed by atoms with van der Waals surface area (Å²) in [7, 11) is 0. The molecule has 40 heavy (non-hydrogen) atoms. The SMILES string of the molecule is CCOc1cc(C(=O)OCC=C(C)C=CC=C(C)C=CC2=C(C)CCCC2(C)C)cnc1OC(=O)NC(=O)CN. The molecule has 0 spiro atoms. The lowest BCUT2D eigenvalue weighted by Crippen LogP contribution is -2.37. The van der Waals surface area contributed by atoms with Crippen molar-refractivity contribution >= 4 is 18.0 Å². The van der Waals surface area contributed by atoms with Crippen LogP contribution in [0.5, 0.6) is 11.6 Å². The third-order valence-electron chi connectivity index (χ3n) is 6.36. The highest BCUT2D eigenvalue weighted by molar-refractivity contribution is 5.93. The number of hydrogen-bond donors (Lipinski definition) is 2. The van der Waals surface area contributed by atoms with Gasteiger partial charge in [0.1, 0.15) is 6.61 Å². The van der Waals surface area contributed by atoms with Gasteiger partial charge in [-0.2, -0.15) is 0 Å². The molecule has 0 fully saturated rings. The fourth-order valence-corrected chi connectivity index (χ4v) is 4.19. The van der Waals surface area contributed by atoms with Crippen LogP contribution in [-0.2, 0) is 9.53 Å². The van der Waals surface area contributed by atoms with E-state index in [0.717, 1.165) is 11.1 Å². The van der Waals surface area contributed by atoms with Crippen LogP contribution in [-0.4, -0.2) is 42.7 Å². The monoisotopic (exact) mass is 551 g/mol. The average Bonchev–Trinajstić information content (AvgIpc) is 2.88. The van der Waals surface area contributed by atoms with Gasteiger partial charge in [0.05, 0.1) is 18.7 Å². The number of carbonyl (C=O) groups excluding carboxylic acids is 3. The van der Waals surface area contributed by atoms with Crippen molar-refractivity contribution < 1.29 is 28.6 Å². The Morgan fingerprint density at radius 1 is 1.18 bits per heavy atom. The van der Waals surface area contributed by atoms with Gasteiger partial charge in [0.2, 0.25) is 5.91 Å². The van der Waals surface area contributed by atoms with E-state index in [0.29, 0.717) is 0 Å². The fourth-order valence-electron chi connectivity index (χ4n) is 4.19. The van der Waals surface area contributed by atoms with Crippen molar-refractivity contribution in [2.75, 3.05) is 19.8 Å². The van der Waals surface area contributed by atoms with Crippen LogP contribution in [0.3, 0.4) is 0 Å². The number of nitrogens with two attached hydrogens (primary N) is 1. The van der Waals surface area contributed by atoms with E-state index >= 15 is 0 Å². The summed E-state index contributed by atoms with van der Waals surface area (Å²) in [5, 5.41) is 1.94. The van der Waals surface area contributed by atoms with Crippen LogP contribution in [0.15, 0.2) is 71.0 Å². The number of hydrogen-bond acceptors (Lipinski definition) is 8. The number of esters is 1. The second-order valence-electron chi connectivity index (χ2n) is 10.2. The van der Waals surface area contributed by atoms with Crippen molar-refractivity contribution in [2.24, 2.45) is 11.1 Å². The van der Waals surface area contributed by atoms with Gasteiger partial charge in [0.15, 0.2) is 5.75 Å². The largest absolute Gasteiger partial charge is 0.488 e. The molecular formula is C31H41N3O6. The second kappa shape index (κ2) is 15.6. The first-order chi connectivity index (χ1) is 19.0. The number of carbonyl (C=O) groups is 3. The standard InChI is InChI=1S/C31H41N3O6/c1-7-38-26-18-24(20-33-28(26)40-30(37)34-27(35)19-32)29(36)39-17-15-22(3)11-8-10-21(2)13-14-25-23(4)12-9-16-31(25,5)6/h8,10-11,13-15,18,20H,7,9,12,16-17,19,32H2,1-6H3,(H,34,35,37). The van der Waals surface area contributed by atoms with Gasteiger partial charge in [-0.3, -0.25) is 10.1 Å². The quantitative estimate of drug-likeness (QED) is 0.263. The smallest absolute Gasteiger partial charge is 0.420 e. The molecule has 0 saturated carbocycles. The number of nitrogens with one attached hydrogen (secondary N) is 1. The molecule has 0 radical (unpaired) electrons. The minimum atomic E-state index is -1.06. The van der Waals surface area contributed by atoms with E-state index in [2.05, 4.69) is 44.8 Å². The van der Waals surface area contributed by atoms with Gasteiger partial charge in [0, 0.05) is 12.3 Å². The molecule has 1 aliphatic carbocycles. The average molecular weight is 552 g/mol. The number of pyridine rings is 1. The zero-order chi connectivity index (χ0) is 29.7. The van der Waals surface area contributed by atoms with Crippen molar-refractivity contribution in [3.63, 3.8) is 0 Å². The number of ether oxygens (including phenoxy) is 3. The first-order valence-electron chi connectivity index (χ1n) is 13.4. The normalized spacial score (nSPS) is 15.9. The molecule has 0 aliphatic heterocycles. The lowest BCUT2D eigenvalue weighted by Gasteiger charge is -2.32. The topological polar surface area (TPSA) is 130 Å². The second-order valence-corrected chi connectivity index (χ2v) is 10.2. The van der Waals surface area contributed by atoms with Crippen LogP contribution in [0, 0.1) is 5.41 Å². The van der Waals surface area contributed by atoms with Crippen LogP contribution in [0.4, 0.5) is 4.79 Å². The first-order valence-corrected chi connectivity index (χ1v) is 13.4. The highest BCUT2D eigenvalue weighted by Gasteiger charge is 2.26. The summed E-state index contributed by atoms with van der Waals surface area (Å²) in [6.45, 7) is 12.5. The number of nitrogens with zero attached hydrogens (tertiary/aromatic N) is 1. The molecule has 1 heterocycles. The zero-order valence-corrected chi connectivity index (χ0v) is 24.3. The van der Waals surface area contributed by atoms with Gasteiger partial charge < -0.3 is 19.9 Å². The highest BCUT2D eigenvalue weighted by Crippen LogP contribution is 2.40. The minimum absolute atomic E-state index is 0.0525.